The molecule has 1 fully saturated rings. The summed E-state index contributed by atoms with van der Waals surface area (Å²) in [7, 11) is 0. The maximum Gasteiger partial charge on any atom is 0.231 e. The first-order valence-electron chi connectivity index (χ1n) is 10.8. The van der Waals surface area contributed by atoms with E-state index in [1.165, 1.54) is 0 Å². The molecule has 1 unspecified atom stereocenters. The highest BCUT2D eigenvalue weighted by Gasteiger charge is 2.30. The Morgan fingerprint density at radius 1 is 1.13 bits per heavy atom. The lowest BCUT2D eigenvalue weighted by Crippen LogP contribution is -2.45. The van der Waals surface area contributed by atoms with Crippen molar-refractivity contribution in [3.63, 3.8) is 0 Å². The van der Waals surface area contributed by atoms with Crippen LogP contribution in [0.1, 0.15) is 25.3 Å². The number of amides is 1. The van der Waals surface area contributed by atoms with Gasteiger partial charge in [-0.2, -0.15) is 0 Å². The summed E-state index contributed by atoms with van der Waals surface area (Å²) in [5.74, 6) is 0.948. The molecule has 1 aliphatic rings. The zero-order chi connectivity index (χ0) is 21.8. The van der Waals surface area contributed by atoms with E-state index in [1.807, 2.05) is 60.4 Å². The third-order valence-electron chi connectivity index (χ3n) is 5.78. The average molecular weight is 435 g/mol. The number of hydrogen-bond donors (Lipinski definition) is 0. The fourth-order valence-electron chi connectivity index (χ4n) is 4.14. The molecule has 0 aliphatic carbocycles. The molecule has 1 aromatic heterocycles. The van der Waals surface area contributed by atoms with Crippen LogP contribution in [0.4, 0.5) is 11.5 Å². The van der Waals surface area contributed by atoms with Gasteiger partial charge in [-0.1, -0.05) is 35.9 Å². The van der Waals surface area contributed by atoms with Gasteiger partial charge in [-0.25, -0.2) is 0 Å². The number of hydrogen-bond acceptors (Lipinski definition) is 4. The first-order valence-corrected chi connectivity index (χ1v) is 11.2. The van der Waals surface area contributed by atoms with Gasteiger partial charge in [0.25, 0.3) is 0 Å². The number of aryl methyl sites for hydroxylation is 1. The van der Waals surface area contributed by atoms with Crippen LogP contribution in [0.3, 0.4) is 0 Å². The molecule has 0 radical (unpaired) electrons. The summed E-state index contributed by atoms with van der Waals surface area (Å²) < 4.78 is 0. The summed E-state index contributed by atoms with van der Waals surface area (Å²) in [6.07, 6.45) is 1.86. The predicted molar refractivity (Wildman–Crippen MR) is 127 cm³/mol. The van der Waals surface area contributed by atoms with Crippen LogP contribution < -0.4 is 9.80 Å². The standard InChI is InChI=1S/C25H27ClN4O/c1-3-30(22-8-4-6-18(2)16-22)25(31)20-7-5-15-29(17-20)24-14-13-23(27-28-24)19-9-11-21(26)12-10-19/h4,6,8-14,16,20H,3,5,7,15,17H2,1-2H3. The lowest BCUT2D eigenvalue weighted by atomic mass is 9.96. The Bertz CT molecular complexity index is 1040. The van der Waals surface area contributed by atoms with Crippen molar-refractivity contribution in [3.05, 3.63) is 71.2 Å². The number of aromatic nitrogens is 2. The summed E-state index contributed by atoms with van der Waals surface area (Å²) in [4.78, 5) is 17.4. The fraction of sp³-hybridized carbons (Fsp3) is 0.320. The van der Waals surface area contributed by atoms with Gasteiger partial charge in [0.15, 0.2) is 5.82 Å². The Kier molecular flexibility index (Phi) is 6.52. The average Bonchev–Trinajstić information content (AvgIpc) is 2.80. The van der Waals surface area contributed by atoms with E-state index in [0.717, 1.165) is 47.7 Å². The van der Waals surface area contributed by atoms with Crippen molar-refractivity contribution in [2.45, 2.75) is 26.7 Å². The van der Waals surface area contributed by atoms with E-state index < -0.39 is 0 Å². The van der Waals surface area contributed by atoms with Crippen molar-refractivity contribution < 1.29 is 4.79 Å². The van der Waals surface area contributed by atoms with E-state index in [2.05, 4.69) is 34.2 Å². The van der Waals surface area contributed by atoms with E-state index in [1.54, 1.807) is 0 Å². The van der Waals surface area contributed by atoms with Gasteiger partial charge in [0, 0.05) is 35.9 Å². The van der Waals surface area contributed by atoms with Crippen LogP contribution in [0.25, 0.3) is 11.3 Å². The van der Waals surface area contributed by atoms with Crippen LogP contribution in [-0.4, -0.2) is 35.7 Å². The normalized spacial score (nSPS) is 16.2. The molecule has 160 valence electrons. The van der Waals surface area contributed by atoms with E-state index in [4.69, 9.17) is 11.6 Å². The zero-order valence-corrected chi connectivity index (χ0v) is 18.7. The molecule has 0 saturated carbocycles. The van der Waals surface area contributed by atoms with E-state index >= 15 is 0 Å². The second kappa shape index (κ2) is 9.48. The summed E-state index contributed by atoms with van der Waals surface area (Å²) in [5, 5.41) is 9.55. The van der Waals surface area contributed by atoms with Crippen LogP contribution in [0.2, 0.25) is 5.02 Å². The van der Waals surface area contributed by atoms with Crippen molar-refractivity contribution in [1.82, 2.24) is 10.2 Å². The Balaban J connectivity index is 1.47. The molecule has 0 spiro atoms. The molecule has 0 bridgehead atoms. The Labute approximate surface area is 188 Å². The quantitative estimate of drug-likeness (QED) is 0.541. The minimum absolute atomic E-state index is 0.0491. The molecule has 1 saturated heterocycles. The summed E-state index contributed by atoms with van der Waals surface area (Å²) in [6.45, 7) is 6.29. The maximum atomic E-state index is 13.3. The molecule has 1 aliphatic heterocycles. The van der Waals surface area contributed by atoms with Gasteiger partial charge in [0.1, 0.15) is 0 Å². The molecular formula is C25H27ClN4O. The second-order valence-electron chi connectivity index (χ2n) is 7.99. The molecule has 3 aromatic rings. The molecule has 1 amide bonds. The molecule has 2 heterocycles. The van der Waals surface area contributed by atoms with Crippen molar-refractivity contribution in [1.29, 1.82) is 0 Å². The molecule has 5 nitrogen and oxygen atoms in total. The number of rotatable bonds is 5. The van der Waals surface area contributed by atoms with Gasteiger partial charge in [-0.15, -0.1) is 10.2 Å². The number of benzene rings is 2. The van der Waals surface area contributed by atoms with Gasteiger partial charge in [0.2, 0.25) is 5.91 Å². The van der Waals surface area contributed by atoms with Crippen LogP contribution >= 0.6 is 11.6 Å². The number of carbonyl (C=O) groups is 1. The van der Waals surface area contributed by atoms with Gasteiger partial charge in [-0.05, 0) is 68.7 Å². The SMILES string of the molecule is CCN(C(=O)C1CCCN(c2ccc(-c3ccc(Cl)cc3)nn2)C1)c1cccc(C)c1. The molecule has 4 rings (SSSR count). The summed E-state index contributed by atoms with van der Waals surface area (Å²) in [5.41, 5.74) is 3.91. The zero-order valence-electron chi connectivity index (χ0n) is 18.0. The Morgan fingerprint density at radius 2 is 1.94 bits per heavy atom. The fourth-order valence-corrected chi connectivity index (χ4v) is 4.26. The minimum atomic E-state index is -0.0491. The first-order chi connectivity index (χ1) is 15.0. The lowest BCUT2D eigenvalue weighted by molar-refractivity contribution is -0.122. The van der Waals surface area contributed by atoms with Crippen molar-refractivity contribution in [2.75, 3.05) is 29.4 Å². The van der Waals surface area contributed by atoms with E-state index in [9.17, 15) is 4.79 Å². The highest BCUT2D eigenvalue weighted by molar-refractivity contribution is 6.30. The number of piperidine rings is 1. The van der Waals surface area contributed by atoms with Gasteiger partial charge in [-0.3, -0.25) is 4.79 Å². The van der Waals surface area contributed by atoms with Crippen LogP contribution in [0.5, 0.6) is 0 Å². The van der Waals surface area contributed by atoms with Crippen LogP contribution in [0.15, 0.2) is 60.7 Å². The molecule has 31 heavy (non-hydrogen) atoms. The van der Waals surface area contributed by atoms with Gasteiger partial charge >= 0.3 is 0 Å². The second-order valence-corrected chi connectivity index (χ2v) is 8.43. The third-order valence-corrected chi connectivity index (χ3v) is 6.03. The third kappa shape index (κ3) is 4.88. The molecule has 6 heteroatoms. The van der Waals surface area contributed by atoms with E-state index in [-0.39, 0.29) is 11.8 Å². The Morgan fingerprint density at radius 3 is 2.61 bits per heavy atom. The molecule has 1 atom stereocenters. The molecule has 2 aromatic carbocycles. The topological polar surface area (TPSA) is 49.3 Å². The highest BCUT2D eigenvalue weighted by Crippen LogP contribution is 2.27. The van der Waals surface area contributed by atoms with Crippen molar-refractivity contribution in [3.8, 4) is 11.3 Å². The first kappa shape index (κ1) is 21.3. The number of halogens is 1. The molecule has 0 N–H and O–H groups in total. The number of carbonyl (C=O) groups excluding carboxylic acids is 1. The molecular weight excluding hydrogens is 408 g/mol. The van der Waals surface area contributed by atoms with Crippen molar-refractivity contribution >= 4 is 29.0 Å². The van der Waals surface area contributed by atoms with Crippen molar-refractivity contribution in [2.24, 2.45) is 5.92 Å². The number of anilines is 2. The van der Waals surface area contributed by atoms with Crippen LogP contribution in [-0.2, 0) is 4.79 Å². The van der Waals surface area contributed by atoms with E-state index in [0.29, 0.717) is 18.1 Å². The minimum Gasteiger partial charge on any atom is -0.354 e. The smallest absolute Gasteiger partial charge is 0.231 e. The van der Waals surface area contributed by atoms with Crippen LogP contribution in [0, 0.1) is 12.8 Å². The monoisotopic (exact) mass is 434 g/mol. The lowest BCUT2D eigenvalue weighted by Gasteiger charge is -2.35. The largest absolute Gasteiger partial charge is 0.354 e. The maximum absolute atomic E-state index is 13.3. The predicted octanol–water partition coefficient (Wildman–Crippen LogP) is 5.37. The Hall–Kier alpha value is -2.92. The highest BCUT2D eigenvalue weighted by atomic mass is 35.5. The number of nitrogens with zero attached hydrogens (tertiary/aromatic N) is 4. The van der Waals surface area contributed by atoms with Gasteiger partial charge in [0.05, 0.1) is 11.6 Å². The summed E-state index contributed by atoms with van der Waals surface area (Å²) >= 11 is 5.97. The summed E-state index contributed by atoms with van der Waals surface area (Å²) in [6, 6.07) is 19.7. The van der Waals surface area contributed by atoms with Gasteiger partial charge < -0.3 is 9.80 Å².